The van der Waals surface area contributed by atoms with Crippen molar-refractivity contribution in [3.05, 3.63) is 35.9 Å². The van der Waals surface area contributed by atoms with Crippen LogP contribution in [0.15, 0.2) is 30.3 Å². The Balaban J connectivity index is 1.45. The summed E-state index contributed by atoms with van der Waals surface area (Å²) >= 11 is 0. The van der Waals surface area contributed by atoms with Gasteiger partial charge in [-0.05, 0) is 57.2 Å². The van der Waals surface area contributed by atoms with E-state index in [2.05, 4.69) is 40.5 Å². The van der Waals surface area contributed by atoms with Crippen LogP contribution in [0.4, 0.5) is 0 Å². The number of hydrogen-bond donors (Lipinski definition) is 1. The first-order valence-corrected chi connectivity index (χ1v) is 8.97. The van der Waals surface area contributed by atoms with Crippen molar-refractivity contribution in [2.75, 3.05) is 39.3 Å². The van der Waals surface area contributed by atoms with Crippen LogP contribution in [0.2, 0.25) is 0 Å². The Bertz CT molecular complexity index is 430. The molecule has 0 amide bonds. The Morgan fingerprint density at radius 3 is 2.68 bits per heavy atom. The van der Waals surface area contributed by atoms with E-state index in [1.165, 1.54) is 50.9 Å². The topological polar surface area (TPSA) is 24.5 Å². The molecule has 122 valence electrons. The molecule has 0 unspecified atom stereocenters. The smallest absolute Gasteiger partial charge is 0.0808 e. The molecule has 0 aromatic heterocycles. The van der Waals surface area contributed by atoms with Gasteiger partial charge in [0.15, 0.2) is 0 Å². The van der Waals surface area contributed by atoms with Crippen molar-refractivity contribution in [2.45, 2.75) is 44.1 Å². The number of nitrogens with zero attached hydrogens (tertiary/aromatic N) is 1. The van der Waals surface area contributed by atoms with Gasteiger partial charge in [-0.3, -0.25) is 0 Å². The van der Waals surface area contributed by atoms with Gasteiger partial charge in [0.2, 0.25) is 0 Å². The van der Waals surface area contributed by atoms with E-state index in [-0.39, 0.29) is 5.60 Å². The minimum atomic E-state index is 0.202. The number of ether oxygens (including phenoxy) is 1. The minimum Gasteiger partial charge on any atom is -0.374 e. The summed E-state index contributed by atoms with van der Waals surface area (Å²) in [6.07, 6.45) is 7.39. The van der Waals surface area contributed by atoms with Crippen molar-refractivity contribution >= 4 is 0 Å². The Labute approximate surface area is 135 Å². The summed E-state index contributed by atoms with van der Waals surface area (Å²) < 4.78 is 6.14. The molecular weight excluding hydrogens is 272 g/mol. The quantitative estimate of drug-likeness (QED) is 0.929. The van der Waals surface area contributed by atoms with Crippen LogP contribution in [0, 0.1) is 0 Å². The third-order valence-corrected chi connectivity index (χ3v) is 4.92. The highest BCUT2D eigenvalue weighted by Gasteiger charge is 2.43. The van der Waals surface area contributed by atoms with Crippen molar-refractivity contribution in [1.29, 1.82) is 0 Å². The summed E-state index contributed by atoms with van der Waals surface area (Å²) in [7, 11) is 0. The molecule has 1 aromatic rings. The van der Waals surface area contributed by atoms with Crippen LogP contribution in [0.5, 0.6) is 0 Å². The van der Waals surface area contributed by atoms with E-state index in [0.717, 1.165) is 32.5 Å². The first-order chi connectivity index (χ1) is 10.9. The molecule has 1 N–H and O–H groups in total. The molecule has 1 aliphatic carbocycles. The molecule has 0 atom stereocenters. The fourth-order valence-corrected chi connectivity index (χ4v) is 3.26. The lowest BCUT2D eigenvalue weighted by Gasteiger charge is -2.25. The van der Waals surface area contributed by atoms with Crippen LogP contribution in [0.1, 0.15) is 37.7 Å². The van der Waals surface area contributed by atoms with Gasteiger partial charge in [0, 0.05) is 26.2 Å². The van der Waals surface area contributed by atoms with Crippen LogP contribution < -0.4 is 5.32 Å². The number of hydrogen-bond acceptors (Lipinski definition) is 3. The summed E-state index contributed by atoms with van der Waals surface area (Å²) in [6.45, 7) is 6.68. The molecule has 1 heterocycles. The van der Waals surface area contributed by atoms with E-state index in [4.69, 9.17) is 4.74 Å². The highest BCUT2D eigenvalue weighted by molar-refractivity contribution is 5.14. The molecule has 0 radical (unpaired) electrons. The molecule has 1 aliphatic heterocycles. The molecule has 2 fully saturated rings. The Morgan fingerprint density at radius 2 is 1.86 bits per heavy atom. The third-order valence-electron chi connectivity index (χ3n) is 4.92. The fourth-order valence-electron chi connectivity index (χ4n) is 3.26. The third kappa shape index (κ3) is 5.08. The zero-order chi connectivity index (χ0) is 15.1. The zero-order valence-corrected chi connectivity index (χ0v) is 13.7. The molecule has 3 heteroatoms. The molecule has 1 aromatic carbocycles. The lowest BCUT2D eigenvalue weighted by Crippen LogP contribution is -2.35. The molecule has 22 heavy (non-hydrogen) atoms. The summed E-state index contributed by atoms with van der Waals surface area (Å²) in [5.74, 6) is 0. The molecule has 3 rings (SSSR count). The van der Waals surface area contributed by atoms with Gasteiger partial charge in [-0.2, -0.15) is 0 Å². The highest BCUT2D eigenvalue weighted by atomic mass is 16.5. The lowest BCUT2D eigenvalue weighted by atomic mass is 10.1. The van der Waals surface area contributed by atoms with Crippen molar-refractivity contribution in [2.24, 2.45) is 0 Å². The van der Waals surface area contributed by atoms with Crippen LogP contribution >= 0.6 is 0 Å². The van der Waals surface area contributed by atoms with Crippen LogP contribution in [0.3, 0.4) is 0 Å². The van der Waals surface area contributed by atoms with E-state index in [1.807, 2.05) is 0 Å². The normalized spacial score (nSPS) is 23.6. The predicted octanol–water partition coefficient (Wildman–Crippen LogP) is 2.85. The maximum Gasteiger partial charge on any atom is 0.0808 e. The Kier molecular flexibility index (Phi) is 5.88. The average Bonchev–Trinajstić information content (AvgIpc) is 3.31. The van der Waals surface area contributed by atoms with Crippen LogP contribution in [0.25, 0.3) is 0 Å². The number of benzene rings is 1. The van der Waals surface area contributed by atoms with E-state index in [0.29, 0.717) is 0 Å². The molecule has 1 saturated carbocycles. The van der Waals surface area contributed by atoms with Gasteiger partial charge in [-0.25, -0.2) is 0 Å². The number of nitrogens with one attached hydrogen (secondary N) is 1. The highest BCUT2D eigenvalue weighted by Crippen LogP contribution is 2.38. The van der Waals surface area contributed by atoms with Gasteiger partial charge in [0.25, 0.3) is 0 Å². The second-order valence-electron chi connectivity index (χ2n) is 6.85. The monoisotopic (exact) mass is 302 g/mol. The second-order valence-corrected chi connectivity index (χ2v) is 6.85. The fraction of sp³-hybridized carbons (Fsp3) is 0.684. The van der Waals surface area contributed by atoms with Crippen molar-refractivity contribution in [1.82, 2.24) is 10.2 Å². The van der Waals surface area contributed by atoms with E-state index in [9.17, 15) is 0 Å². The maximum absolute atomic E-state index is 6.14. The number of rotatable bonds is 3. The van der Waals surface area contributed by atoms with Gasteiger partial charge in [0.05, 0.1) is 5.60 Å². The molecule has 2 aliphatic rings. The van der Waals surface area contributed by atoms with Gasteiger partial charge < -0.3 is 15.0 Å². The zero-order valence-electron chi connectivity index (χ0n) is 13.7. The SMILES string of the molecule is c1ccc(CCN2CCCCNCC3(CC3)OCCC2)cc1. The van der Waals surface area contributed by atoms with Crippen LogP contribution in [-0.4, -0.2) is 49.8 Å². The standard InChI is InChI=1S/C19H30N2O/c1-2-7-18(8-3-1)9-15-21-13-5-4-12-20-17-19(10-11-19)22-16-6-14-21/h1-3,7-8,20H,4-6,9-17H2. The lowest BCUT2D eigenvalue weighted by molar-refractivity contribution is 0.0264. The first-order valence-electron chi connectivity index (χ1n) is 8.97. The summed E-state index contributed by atoms with van der Waals surface area (Å²) in [5, 5.41) is 3.59. The first kappa shape index (κ1) is 16.0. The van der Waals surface area contributed by atoms with E-state index >= 15 is 0 Å². The molecule has 1 spiro atoms. The second kappa shape index (κ2) is 8.09. The van der Waals surface area contributed by atoms with Gasteiger partial charge in [-0.15, -0.1) is 0 Å². The summed E-state index contributed by atoms with van der Waals surface area (Å²) in [5.41, 5.74) is 1.65. The maximum atomic E-state index is 6.14. The van der Waals surface area contributed by atoms with E-state index < -0.39 is 0 Å². The molecule has 0 bridgehead atoms. The molecular formula is C19H30N2O. The van der Waals surface area contributed by atoms with Crippen LogP contribution in [-0.2, 0) is 11.2 Å². The minimum absolute atomic E-state index is 0.202. The van der Waals surface area contributed by atoms with Crippen molar-refractivity contribution < 1.29 is 4.74 Å². The van der Waals surface area contributed by atoms with Crippen molar-refractivity contribution in [3.8, 4) is 0 Å². The molecule has 1 saturated heterocycles. The average molecular weight is 302 g/mol. The van der Waals surface area contributed by atoms with Gasteiger partial charge in [-0.1, -0.05) is 30.3 Å². The summed E-state index contributed by atoms with van der Waals surface area (Å²) in [4.78, 5) is 2.62. The van der Waals surface area contributed by atoms with Gasteiger partial charge >= 0.3 is 0 Å². The van der Waals surface area contributed by atoms with Gasteiger partial charge in [0.1, 0.15) is 0 Å². The molecule has 3 nitrogen and oxygen atoms in total. The Morgan fingerprint density at radius 1 is 1.05 bits per heavy atom. The predicted molar refractivity (Wildman–Crippen MR) is 91.2 cm³/mol. The van der Waals surface area contributed by atoms with E-state index in [1.54, 1.807) is 0 Å². The Hall–Kier alpha value is -0.900. The largest absolute Gasteiger partial charge is 0.374 e. The summed E-state index contributed by atoms with van der Waals surface area (Å²) in [6, 6.07) is 10.8. The van der Waals surface area contributed by atoms with Crippen molar-refractivity contribution in [3.63, 3.8) is 0 Å².